The molecule has 1 N–H and O–H groups in total. The van der Waals surface area contributed by atoms with Crippen molar-refractivity contribution in [1.82, 2.24) is 4.90 Å². The Kier molecular flexibility index (Phi) is 5.07. The highest BCUT2D eigenvalue weighted by Gasteiger charge is 2.30. The molecule has 3 heteroatoms. The normalized spacial score (nSPS) is 26.9. The van der Waals surface area contributed by atoms with E-state index in [-0.39, 0.29) is 12.5 Å². The zero-order chi connectivity index (χ0) is 11.3. The van der Waals surface area contributed by atoms with Gasteiger partial charge in [0.1, 0.15) is 0 Å². The standard InChI is InChI=1S/C12H22N2O/c1-10(2)14(7-8-15)12-6-4-3-5-11(12)9-13/h10-12,15H,3-8H2,1-2H3. The van der Waals surface area contributed by atoms with E-state index in [0.29, 0.717) is 18.6 Å². The maximum Gasteiger partial charge on any atom is 0.0672 e. The van der Waals surface area contributed by atoms with Crippen LogP contribution in [-0.2, 0) is 0 Å². The molecule has 3 nitrogen and oxygen atoms in total. The van der Waals surface area contributed by atoms with Crippen LogP contribution in [0.4, 0.5) is 0 Å². The molecule has 2 atom stereocenters. The predicted molar refractivity (Wildman–Crippen MR) is 60.3 cm³/mol. The SMILES string of the molecule is CC(C)N(CCO)C1CCCCC1C#N. The van der Waals surface area contributed by atoms with Crippen LogP contribution in [0.25, 0.3) is 0 Å². The highest BCUT2D eigenvalue weighted by molar-refractivity contribution is 4.96. The van der Waals surface area contributed by atoms with Gasteiger partial charge in [0.2, 0.25) is 0 Å². The third kappa shape index (κ3) is 3.19. The van der Waals surface area contributed by atoms with Crippen molar-refractivity contribution in [3.05, 3.63) is 0 Å². The molecule has 0 amide bonds. The molecule has 1 aliphatic carbocycles. The molecule has 0 heterocycles. The molecule has 0 bridgehead atoms. The zero-order valence-corrected chi connectivity index (χ0v) is 9.82. The third-order valence-corrected chi connectivity index (χ3v) is 3.34. The van der Waals surface area contributed by atoms with Crippen LogP contribution in [0.15, 0.2) is 0 Å². The van der Waals surface area contributed by atoms with Crippen LogP contribution in [0.3, 0.4) is 0 Å². The monoisotopic (exact) mass is 210 g/mol. The fraction of sp³-hybridized carbons (Fsp3) is 0.917. The summed E-state index contributed by atoms with van der Waals surface area (Å²) in [4.78, 5) is 2.28. The lowest BCUT2D eigenvalue weighted by molar-refractivity contribution is 0.0747. The van der Waals surface area contributed by atoms with E-state index in [9.17, 15) is 0 Å². The minimum Gasteiger partial charge on any atom is -0.395 e. The lowest BCUT2D eigenvalue weighted by Gasteiger charge is -2.39. The van der Waals surface area contributed by atoms with Gasteiger partial charge in [-0.2, -0.15) is 5.26 Å². The quantitative estimate of drug-likeness (QED) is 0.769. The van der Waals surface area contributed by atoms with Gasteiger partial charge < -0.3 is 5.11 Å². The predicted octanol–water partition coefficient (Wildman–Crippen LogP) is 1.77. The van der Waals surface area contributed by atoms with Crippen LogP contribution in [0.1, 0.15) is 39.5 Å². The summed E-state index contributed by atoms with van der Waals surface area (Å²) in [6.07, 6.45) is 4.53. The minimum absolute atomic E-state index is 0.160. The van der Waals surface area contributed by atoms with Crippen LogP contribution >= 0.6 is 0 Å². The topological polar surface area (TPSA) is 47.3 Å². The van der Waals surface area contributed by atoms with Crippen molar-refractivity contribution in [2.24, 2.45) is 5.92 Å². The Bertz CT molecular complexity index is 222. The molecule has 0 saturated heterocycles. The number of hydrogen-bond donors (Lipinski definition) is 1. The summed E-state index contributed by atoms with van der Waals surface area (Å²) in [5.41, 5.74) is 0. The van der Waals surface area contributed by atoms with E-state index in [0.717, 1.165) is 12.8 Å². The third-order valence-electron chi connectivity index (χ3n) is 3.34. The van der Waals surface area contributed by atoms with Gasteiger partial charge in [-0.25, -0.2) is 0 Å². The Balaban J connectivity index is 2.67. The van der Waals surface area contributed by atoms with Gasteiger partial charge >= 0.3 is 0 Å². The average molecular weight is 210 g/mol. The van der Waals surface area contributed by atoms with Gasteiger partial charge in [0.25, 0.3) is 0 Å². The Morgan fingerprint density at radius 2 is 2.07 bits per heavy atom. The van der Waals surface area contributed by atoms with Crippen molar-refractivity contribution in [3.8, 4) is 6.07 Å². The summed E-state index contributed by atoms with van der Waals surface area (Å²) in [6.45, 7) is 5.16. The molecule has 15 heavy (non-hydrogen) atoms. The molecule has 1 saturated carbocycles. The van der Waals surface area contributed by atoms with Crippen LogP contribution in [0.2, 0.25) is 0 Å². The van der Waals surface area contributed by atoms with Gasteiger partial charge in [-0.1, -0.05) is 12.8 Å². The van der Waals surface area contributed by atoms with Gasteiger partial charge in [0.15, 0.2) is 0 Å². The summed E-state index contributed by atoms with van der Waals surface area (Å²) in [5, 5.41) is 18.2. The molecule has 1 fully saturated rings. The van der Waals surface area contributed by atoms with Gasteiger partial charge in [-0.05, 0) is 26.7 Å². The number of hydrogen-bond acceptors (Lipinski definition) is 3. The Morgan fingerprint density at radius 1 is 1.40 bits per heavy atom. The Morgan fingerprint density at radius 3 is 2.60 bits per heavy atom. The van der Waals surface area contributed by atoms with Gasteiger partial charge in [-0.3, -0.25) is 4.90 Å². The first-order valence-corrected chi connectivity index (χ1v) is 5.97. The van der Waals surface area contributed by atoms with Crippen LogP contribution < -0.4 is 0 Å². The highest BCUT2D eigenvalue weighted by Crippen LogP contribution is 2.28. The fourth-order valence-electron chi connectivity index (χ4n) is 2.58. The van der Waals surface area contributed by atoms with Crippen molar-refractivity contribution < 1.29 is 5.11 Å². The second-order valence-electron chi connectivity index (χ2n) is 4.64. The molecule has 2 unspecified atom stereocenters. The van der Waals surface area contributed by atoms with E-state index >= 15 is 0 Å². The first-order valence-electron chi connectivity index (χ1n) is 5.97. The summed E-state index contributed by atoms with van der Waals surface area (Å²) in [5.74, 6) is 0.160. The van der Waals surface area contributed by atoms with Gasteiger partial charge in [-0.15, -0.1) is 0 Å². The fourth-order valence-corrected chi connectivity index (χ4v) is 2.58. The summed E-state index contributed by atoms with van der Waals surface area (Å²) in [6, 6.07) is 3.19. The molecular weight excluding hydrogens is 188 g/mol. The molecular formula is C12H22N2O. The van der Waals surface area contributed by atoms with Crippen LogP contribution in [0, 0.1) is 17.2 Å². The zero-order valence-electron chi connectivity index (χ0n) is 9.82. The van der Waals surface area contributed by atoms with Crippen molar-refractivity contribution in [1.29, 1.82) is 5.26 Å². The van der Waals surface area contributed by atoms with Crippen molar-refractivity contribution >= 4 is 0 Å². The van der Waals surface area contributed by atoms with Crippen LogP contribution in [0.5, 0.6) is 0 Å². The van der Waals surface area contributed by atoms with E-state index in [4.69, 9.17) is 10.4 Å². The second kappa shape index (κ2) is 6.09. The van der Waals surface area contributed by atoms with Crippen molar-refractivity contribution in [2.45, 2.75) is 51.6 Å². The maximum atomic E-state index is 9.12. The molecule has 86 valence electrons. The van der Waals surface area contributed by atoms with Crippen molar-refractivity contribution in [2.75, 3.05) is 13.2 Å². The van der Waals surface area contributed by atoms with E-state index in [1.54, 1.807) is 0 Å². The van der Waals surface area contributed by atoms with E-state index < -0.39 is 0 Å². The average Bonchev–Trinajstić information content (AvgIpc) is 2.25. The number of nitriles is 1. The van der Waals surface area contributed by atoms with Crippen molar-refractivity contribution in [3.63, 3.8) is 0 Å². The number of aliphatic hydroxyl groups excluding tert-OH is 1. The smallest absolute Gasteiger partial charge is 0.0672 e. The molecule has 1 rings (SSSR count). The first-order chi connectivity index (χ1) is 7.20. The number of rotatable bonds is 4. The molecule has 0 spiro atoms. The number of aliphatic hydroxyl groups is 1. The first kappa shape index (κ1) is 12.5. The molecule has 0 aromatic rings. The van der Waals surface area contributed by atoms with E-state index in [1.165, 1.54) is 12.8 Å². The van der Waals surface area contributed by atoms with E-state index in [2.05, 4.69) is 24.8 Å². The summed E-state index contributed by atoms with van der Waals surface area (Å²) >= 11 is 0. The summed E-state index contributed by atoms with van der Waals surface area (Å²) < 4.78 is 0. The molecule has 0 aromatic heterocycles. The second-order valence-corrected chi connectivity index (χ2v) is 4.64. The van der Waals surface area contributed by atoms with Crippen LogP contribution in [-0.4, -0.2) is 35.2 Å². The molecule has 0 aromatic carbocycles. The summed E-state index contributed by atoms with van der Waals surface area (Å²) in [7, 11) is 0. The Hall–Kier alpha value is -0.590. The lowest BCUT2D eigenvalue weighted by atomic mass is 9.84. The van der Waals surface area contributed by atoms with E-state index in [1.807, 2.05) is 0 Å². The lowest BCUT2D eigenvalue weighted by Crippen LogP contribution is -2.47. The molecule has 0 aliphatic heterocycles. The highest BCUT2D eigenvalue weighted by atomic mass is 16.3. The maximum absolute atomic E-state index is 9.12. The molecule has 1 aliphatic rings. The Labute approximate surface area is 92.7 Å². The minimum atomic E-state index is 0.160. The largest absolute Gasteiger partial charge is 0.395 e. The number of nitrogens with zero attached hydrogens (tertiary/aromatic N) is 2. The van der Waals surface area contributed by atoms with Gasteiger partial charge in [0, 0.05) is 18.6 Å². The molecule has 0 radical (unpaired) electrons. The van der Waals surface area contributed by atoms with Gasteiger partial charge in [0.05, 0.1) is 18.6 Å².